The first-order valence-corrected chi connectivity index (χ1v) is 46.5. The van der Waals surface area contributed by atoms with Crippen molar-refractivity contribution in [3.8, 4) is 23.0 Å². The van der Waals surface area contributed by atoms with Crippen LogP contribution in [0.2, 0.25) is 0 Å². The van der Waals surface area contributed by atoms with Gasteiger partial charge in [0.1, 0.15) is 26.4 Å². The van der Waals surface area contributed by atoms with E-state index in [0.717, 1.165) is 154 Å². The number of H-pyrrole nitrogens is 3. The van der Waals surface area contributed by atoms with Crippen LogP contribution in [-0.4, -0.2) is 303 Å². The molecule has 12 bridgehead atoms. The van der Waals surface area contributed by atoms with Crippen molar-refractivity contribution >= 4 is 92.5 Å². The summed E-state index contributed by atoms with van der Waals surface area (Å²) < 4.78 is 90.7. The maximum Gasteiger partial charge on any atom is 0.300 e. The minimum Gasteiger partial charge on any atom is -0.657 e. The molecule has 34 nitrogen and oxygen atoms in total. The Balaban J connectivity index is 0.000000439. The van der Waals surface area contributed by atoms with Gasteiger partial charge in [0, 0.05) is 165 Å². The van der Waals surface area contributed by atoms with Crippen LogP contribution in [0.25, 0.3) is 44.4 Å². The van der Waals surface area contributed by atoms with Crippen LogP contribution in [0.5, 0.6) is 23.0 Å². The first-order chi connectivity index (χ1) is 65.2. The number of carboxylic acids is 2. The van der Waals surface area contributed by atoms with Gasteiger partial charge in [0.05, 0.1) is 214 Å². The second-order valence-corrected chi connectivity index (χ2v) is 31.4. The SMILES string of the molecule is CC(=O)O.CC(=O)O.CCC1=C(CC)c2cc3[n-]c(cc4nc(cnc5cc(OCCOCCOCCOC)c(OCCOCCOCCOC)cc5ncc1n2)C(C)=C4CCCO)c(C)c3CCCO.CCc1c2[nH]c(c1CC)Cc1[nH]c(c(C)c1CCCO)Cc1[nH]c(c(C)c1CCCO)C=Nc1cc(OCCOCCOCCOC)c(OCCOCCOCCOC)cc1N=C2.Cl.[Lu]. The van der Waals surface area contributed by atoms with Crippen molar-refractivity contribution in [2.75, 3.05) is 213 Å². The number of carboxylic acid groups (broad SMARTS) is 2. The van der Waals surface area contributed by atoms with Gasteiger partial charge < -0.3 is 126 Å². The zero-order chi connectivity index (χ0) is 96.8. The molecule has 136 heavy (non-hydrogen) atoms. The normalized spacial score (nSPS) is 12.1. The van der Waals surface area contributed by atoms with Gasteiger partial charge in [0.25, 0.3) is 11.9 Å². The fourth-order valence-electron chi connectivity index (χ4n) is 15.3. The van der Waals surface area contributed by atoms with Crippen molar-refractivity contribution in [2.45, 2.75) is 159 Å². The number of ether oxygens (including phenoxy) is 16. The summed E-state index contributed by atoms with van der Waals surface area (Å²) in [5.74, 6) is 0.279. The number of nitrogens with zero attached hydrogens (tertiary/aromatic N) is 7. The van der Waals surface area contributed by atoms with Gasteiger partial charge >= 0.3 is 0 Å². The molecule has 0 atom stereocenters. The van der Waals surface area contributed by atoms with Crippen molar-refractivity contribution < 1.29 is 153 Å². The van der Waals surface area contributed by atoms with E-state index in [4.69, 9.17) is 130 Å². The van der Waals surface area contributed by atoms with Gasteiger partial charge in [0.2, 0.25) is 0 Å². The van der Waals surface area contributed by atoms with Gasteiger partial charge in [-0.1, -0.05) is 51.0 Å². The molecule has 0 fully saturated rings. The number of methoxy groups -OCH3 is 4. The van der Waals surface area contributed by atoms with Crippen LogP contribution in [-0.2, 0) is 111 Å². The van der Waals surface area contributed by atoms with Crippen molar-refractivity contribution in [1.82, 2.24) is 39.9 Å². The molecule has 3 aliphatic heterocycles. The number of aromatic amines is 3. The van der Waals surface area contributed by atoms with Crippen LogP contribution in [0.3, 0.4) is 0 Å². The number of hydrogen-bond acceptors (Lipinski definition) is 28. The number of aryl methyl sites for hydroxylation is 2. The molecule has 5 aromatic heterocycles. The minimum absolute atomic E-state index is 0. The molecular weight excluding hydrogens is 1940 g/mol. The molecule has 0 amide bonds. The molecule has 9 N–H and O–H groups in total. The number of aromatic nitrogens is 8. The van der Waals surface area contributed by atoms with Crippen molar-refractivity contribution in [2.24, 2.45) is 9.98 Å². The Hall–Kier alpha value is -8.44. The van der Waals surface area contributed by atoms with Crippen LogP contribution in [0.4, 0.5) is 11.4 Å². The summed E-state index contributed by atoms with van der Waals surface area (Å²) in [6.07, 6.45) is 17.3. The van der Waals surface area contributed by atoms with Gasteiger partial charge in [-0.15, -0.1) is 23.4 Å². The summed E-state index contributed by atoms with van der Waals surface area (Å²) in [7, 11) is 6.56. The molecule has 0 aliphatic carbocycles. The van der Waals surface area contributed by atoms with Gasteiger partial charge in [0.15, 0.2) is 23.0 Å². The minimum atomic E-state index is -0.833. The van der Waals surface area contributed by atoms with Crippen LogP contribution >= 0.6 is 12.4 Å². The van der Waals surface area contributed by atoms with Crippen LogP contribution in [0.1, 0.15) is 195 Å². The second-order valence-electron chi connectivity index (χ2n) is 31.4. The first-order valence-electron chi connectivity index (χ1n) is 46.5. The zero-order valence-electron chi connectivity index (χ0n) is 81.8. The summed E-state index contributed by atoms with van der Waals surface area (Å²) in [6.45, 7) is 29.6. The fourth-order valence-corrected chi connectivity index (χ4v) is 15.3. The third-order valence-electron chi connectivity index (χ3n) is 22.0. The fraction of sp³-hybridized carbons (Fsp3) is 0.560. The Morgan fingerprint density at radius 2 is 0.706 bits per heavy atom. The Morgan fingerprint density at radius 1 is 0.368 bits per heavy atom. The largest absolute Gasteiger partial charge is 0.657 e. The number of hydrogen-bond donors (Lipinski definition) is 9. The van der Waals surface area contributed by atoms with E-state index >= 15 is 0 Å². The number of aliphatic hydroxyl groups excluding tert-OH is 4. The molecule has 0 saturated carbocycles. The topological polar surface area (TPSA) is 441 Å². The Morgan fingerprint density at radius 3 is 1.13 bits per heavy atom. The van der Waals surface area contributed by atoms with Gasteiger partial charge in [-0.3, -0.25) is 29.5 Å². The molecule has 3 aliphatic rings. The monoisotopic (exact) mass is 2080 g/mol. The summed E-state index contributed by atoms with van der Waals surface area (Å²) >= 11 is 0. The quantitative estimate of drug-likeness (QED) is 0.0160. The van der Waals surface area contributed by atoms with E-state index in [0.29, 0.717) is 235 Å². The van der Waals surface area contributed by atoms with Crippen molar-refractivity contribution in [1.29, 1.82) is 0 Å². The molecule has 2 aromatic carbocycles. The summed E-state index contributed by atoms with van der Waals surface area (Å²) in [6, 6.07) is 11.5. The first kappa shape index (κ1) is 118. The number of fused-ring (bicyclic) bond motifs is 14. The number of rotatable bonds is 56. The second kappa shape index (κ2) is 67.8. The van der Waals surface area contributed by atoms with E-state index < -0.39 is 11.9 Å². The van der Waals surface area contributed by atoms with Crippen LogP contribution < -0.4 is 23.9 Å². The molecule has 7 aromatic rings. The summed E-state index contributed by atoms with van der Waals surface area (Å²) in [4.78, 5) is 65.0. The molecule has 763 valence electrons. The van der Waals surface area contributed by atoms with Crippen molar-refractivity contribution in [3.63, 3.8) is 0 Å². The number of aliphatic hydroxyl groups is 4. The Bertz CT molecular complexity index is 5050. The molecule has 0 saturated heterocycles. The predicted octanol–water partition coefficient (Wildman–Crippen LogP) is 13.7. The molecule has 1 radical (unpaired) electrons. The average molecular weight is 2080 g/mol. The maximum absolute atomic E-state index is 9.87. The van der Waals surface area contributed by atoms with Gasteiger partial charge in [-0.2, -0.15) is 0 Å². The Kier molecular flexibility index (Phi) is 58.8. The van der Waals surface area contributed by atoms with E-state index in [1.165, 1.54) is 27.8 Å². The molecule has 10 rings (SSSR count). The van der Waals surface area contributed by atoms with Crippen molar-refractivity contribution in [3.05, 3.63) is 150 Å². The summed E-state index contributed by atoms with van der Waals surface area (Å²) in [5, 5.41) is 54.2. The molecule has 0 spiro atoms. The number of halogens is 1. The number of aliphatic carboxylic acids is 2. The number of aliphatic imine (C=N–C) groups is 2. The van der Waals surface area contributed by atoms with Gasteiger partial charge in [-0.25, -0.2) is 9.97 Å². The molecule has 8 heterocycles. The number of benzene rings is 2. The van der Waals surface area contributed by atoms with E-state index in [2.05, 4.69) is 69.5 Å². The zero-order valence-corrected chi connectivity index (χ0v) is 84.3. The molecule has 36 heteroatoms. The number of nitrogens with one attached hydrogen (secondary N) is 3. The van der Waals surface area contributed by atoms with E-state index in [1.54, 1.807) is 40.8 Å². The van der Waals surface area contributed by atoms with Gasteiger partial charge in [-0.05, 0) is 160 Å². The standard InChI is InChI=1S/C48H71N5O10.C48H66N5O10.2C2H4O2.ClH.Lu/c2*1-7-35-36(8-2)46-32-50-44-30-48(63-26-24-61-22-20-59-18-16-57-6)47(62-25-23-60-21-19-58-17-15-56-5)29-43(44)49-31-45-34(4)38(12-10-14-55)41(52-45)27-39-33(3)37(11-9-13-54)42(51-39)28-40(35)53-46;2*1-2(3)4;;/h29-32,51-55H,7-28H2,1-6H3;27-32,54-55H,7-26H2,1-6H3;2*1H3,(H,3,4);1H;/q;-1;;;;. The molecular formula is C100H146ClLuN10O24-. The third kappa shape index (κ3) is 39.0. The average Bonchev–Trinajstić information content (AvgIpc) is 1.64. The third-order valence-corrected chi connectivity index (χ3v) is 22.0. The van der Waals surface area contributed by atoms with E-state index in [9.17, 15) is 20.4 Å². The van der Waals surface area contributed by atoms with E-state index in [1.807, 2.05) is 49.7 Å². The Labute approximate surface area is 835 Å². The predicted molar refractivity (Wildman–Crippen MR) is 524 cm³/mol. The number of carbonyl (C=O) groups is 2. The van der Waals surface area contributed by atoms with Crippen LogP contribution in [0.15, 0.2) is 58.8 Å². The maximum atomic E-state index is 9.87. The smallest absolute Gasteiger partial charge is 0.300 e. The number of allylic oxidation sites excluding steroid dienone is 4. The molecule has 0 unspecified atom stereocenters. The van der Waals surface area contributed by atoms with E-state index in [-0.39, 0.29) is 102 Å². The summed E-state index contributed by atoms with van der Waals surface area (Å²) in [5.41, 5.74) is 27.0. The van der Waals surface area contributed by atoms with Crippen LogP contribution in [0, 0.1) is 57.6 Å².